The van der Waals surface area contributed by atoms with Gasteiger partial charge < -0.3 is 4.74 Å². The maximum absolute atomic E-state index is 6.02. The van der Waals surface area contributed by atoms with Gasteiger partial charge in [0.2, 0.25) is 0 Å². The van der Waals surface area contributed by atoms with E-state index in [1.807, 2.05) is 25.4 Å². The molecular formula is C12H15ClN4O. The molecule has 5 nitrogen and oxygen atoms in total. The van der Waals surface area contributed by atoms with E-state index >= 15 is 0 Å². The molecule has 0 aliphatic carbocycles. The molecule has 0 saturated heterocycles. The molecule has 2 rings (SSSR count). The van der Waals surface area contributed by atoms with E-state index in [1.54, 1.807) is 24.1 Å². The largest absolute Gasteiger partial charge is 0.496 e. The molecule has 1 atom stereocenters. The number of hydrogen-bond acceptors (Lipinski definition) is 4. The van der Waals surface area contributed by atoms with Crippen LogP contribution >= 0.6 is 11.6 Å². The number of ether oxygens (including phenoxy) is 1. The van der Waals surface area contributed by atoms with Gasteiger partial charge in [-0.05, 0) is 18.2 Å². The molecule has 2 aromatic rings. The summed E-state index contributed by atoms with van der Waals surface area (Å²) in [5, 5.41) is 4.77. The van der Waals surface area contributed by atoms with Crippen LogP contribution in [-0.2, 0) is 7.05 Å². The highest BCUT2D eigenvalue weighted by Crippen LogP contribution is 2.31. The zero-order valence-corrected chi connectivity index (χ0v) is 11.0. The van der Waals surface area contributed by atoms with Crippen LogP contribution < -0.4 is 16.0 Å². The molecule has 18 heavy (non-hydrogen) atoms. The van der Waals surface area contributed by atoms with Crippen LogP contribution in [0.3, 0.4) is 0 Å². The molecule has 1 aromatic heterocycles. The summed E-state index contributed by atoms with van der Waals surface area (Å²) in [6.45, 7) is 0. The van der Waals surface area contributed by atoms with Crippen LogP contribution in [0.5, 0.6) is 5.75 Å². The molecule has 0 saturated carbocycles. The van der Waals surface area contributed by atoms with E-state index in [1.165, 1.54) is 0 Å². The van der Waals surface area contributed by atoms with E-state index < -0.39 is 0 Å². The topological polar surface area (TPSA) is 65.1 Å². The Morgan fingerprint density at radius 3 is 2.83 bits per heavy atom. The Hall–Kier alpha value is -1.56. The minimum absolute atomic E-state index is 0.215. The molecule has 1 unspecified atom stereocenters. The fourth-order valence-corrected chi connectivity index (χ4v) is 2.07. The van der Waals surface area contributed by atoms with Crippen molar-refractivity contribution in [3.8, 4) is 5.75 Å². The van der Waals surface area contributed by atoms with Crippen LogP contribution in [0.4, 0.5) is 0 Å². The fourth-order valence-electron chi connectivity index (χ4n) is 1.89. The van der Waals surface area contributed by atoms with Crippen LogP contribution in [-0.4, -0.2) is 16.9 Å². The molecular weight excluding hydrogens is 252 g/mol. The molecule has 6 heteroatoms. The van der Waals surface area contributed by atoms with Crippen LogP contribution in [0, 0.1) is 0 Å². The van der Waals surface area contributed by atoms with Gasteiger partial charge in [-0.3, -0.25) is 10.5 Å². The molecule has 1 aromatic carbocycles. The van der Waals surface area contributed by atoms with Gasteiger partial charge in [-0.25, -0.2) is 5.43 Å². The van der Waals surface area contributed by atoms with E-state index in [0.717, 1.165) is 16.9 Å². The lowest BCUT2D eigenvalue weighted by atomic mass is 10.0. The number of benzene rings is 1. The van der Waals surface area contributed by atoms with E-state index in [0.29, 0.717) is 5.02 Å². The van der Waals surface area contributed by atoms with Gasteiger partial charge in [0, 0.05) is 29.4 Å². The van der Waals surface area contributed by atoms with Gasteiger partial charge >= 0.3 is 0 Å². The quantitative estimate of drug-likeness (QED) is 0.652. The molecule has 0 bridgehead atoms. The van der Waals surface area contributed by atoms with E-state index in [4.69, 9.17) is 22.2 Å². The number of aromatic nitrogens is 2. The lowest BCUT2D eigenvalue weighted by Crippen LogP contribution is -2.29. The summed E-state index contributed by atoms with van der Waals surface area (Å²) < 4.78 is 7.05. The Labute approximate surface area is 110 Å². The van der Waals surface area contributed by atoms with Gasteiger partial charge in [0.15, 0.2) is 0 Å². The van der Waals surface area contributed by atoms with Crippen molar-refractivity contribution >= 4 is 11.6 Å². The Morgan fingerprint density at radius 1 is 1.50 bits per heavy atom. The van der Waals surface area contributed by atoms with Crippen LogP contribution in [0.1, 0.15) is 17.2 Å². The van der Waals surface area contributed by atoms with Crippen molar-refractivity contribution in [2.75, 3.05) is 7.11 Å². The summed E-state index contributed by atoms with van der Waals surface area (Å²) in [5.41, 5.74) is 4.58. The van der Waals surface area contributed by atoms with Gasteiger partial charge in [-0.1, -0.05) is 11.6 Å². The third-order valence-electron chi connectivity index (χ3n) is 2.73. The zero-order valence-electron chi connectivity index (χ0n) is 10.2. The first-order chi connectivity index (χ1) is 8.65. The predicted molar refractivity (Wildman–Crippen MR) is 70.4 cm³/mol. The molecule has 96 valence electrons. The predicted octanol–water partition coefficient (Wildman–Crippen LogP) is 1.63. The average molecular weight is 267 g/mol. The fraction of sp³-hybridized carbons (Fsp3) is 0.250. The minimum Gasteiger partial charge on any atom is -0.496 e. The number of rotatable bonds is 4. The van der Waals surface area contributed by atoms with E-state index in [2.05, 4.69) is 10.5 Å². The van der Waals surface area contributed by atoms with Crippen LogP contribution in [0.15, 0.2) is 30.6 Å². The summed E-state index contributed by atoms with van der Waals surface area (Å²) in [6, 6.07) is 5.21. The second kappa shape index (κ2) is 5.39. The standard InChI is InChI=1S/C12H15ClN4O/c1-17-7-8(6-15-17)12(16-14)10-5-9(13)3-4-11(10)18-2/h3-7,12,16H,14H2,1-2H3. The molecule has 0 spiro atoms. The molecule has 0 fully saturated rings. The van der Waals surface area contributed by atoms with Crippen LogP contribution in [0.2, 0.25) is 5.02 Å². The van der Waals surface area contributed by atoms with Gasteiger partial charge in [0.1, 0.15) is 5.75 Å². The summed E-state index contributed by atoms with van der Waals surface area (Å²) in [4.78, 5) is 0. The second-order valence-corrected chi connectivity index (χ2v) is 4.37. The van der Waals surface area contributed by atoms with Crippen molar-refractivity contribution in [1.29, 1.82) is 0 Å². The SMILES string of the molecule is COc1ccc(Cl)cc1C(NN)c1cnn(C)c1. The first-order valence-electron chi connectivity index (χ1n) is 5.44. The smallest absolute Gasteiger partial charge is 0.124 e. The second-order valence-electron chi connectivity index (χ2n) is 3.93. The average Bonchev–Trinajstić information content (AvgIpc) is 2.77. The van der Waals surface area contributed by atoms with Crippen molar-refractivity contribution < 1.29 is 4.74 Å². The monoisotopic (exact) mass is 266 g/mol. The lowest BCUT2D eigenvalue weighted by molar-refractivity contribution is 0.404. The maximum Gasteiger partial charge on any atom is 0.124 e. The number of hydrogen-bond donors (Lipinski definition) is 2. The number of halogens is 1. The van der Waals surface area contributed by atoms with Crippen molar-refractivity contribution in [1.82, 2.24) is 15.2 Å². The summed E-state index contributed by atoms with van der Waals surface area (Å²) in [6.07, 6.45) is 3.65. The van der Waals surface area contributed by atoms with Gasteiger partial charge in [0.05, 0.1) is 19.3 Å². The summed E-state index contributed by atoms with van der Waals surface area (Å²) >= 11 is 6.02. The molecule has 0 aliphatic rings. The number of hydrazine groups is 1. The highest BCUT2D eigenvalue weighted by atomic mass is 35.5. The zero-order chi connectivity index (χ0) is 13.1. The lowest BCUT2D eigenvalue weighted by Gasteiger charge is -2.18. The molecule has 1 heterocycles. The Kier molecular flexibility index (Phi) is 3.86. The molecule has 0 aliphatic heterocycles. The number of nitrogens with zero attached hydrogens (tertiary/aromatic N) is 2. The maximum atomic E-state index is 6.02. The van der Waals surface area contributed by atoms with Crippen molar-refractivity contribution in [2.24, 2.45) is 12.9 Å². The van der Waals surface area contributed by atoms with Crippen LogP contribution in [0.25, 0.3) is 0 Å². The summed E-state index contributed by atoms with van der Waals surface area (Å²) in [7, 11) is 3.47. The minimum atomic E-state index is -0.215. The van der Waals surface area contributed by atoms with Gasteiger partial charge in [-0.15, -0.1) is 0 Å². The number of nitrogens with two attached hydrogens (primary N) is 1. The van der Waals surface area contributed by atoms with Gasteiger partial charge in [-0.2, -0.15) is 5.10 Å². The number of methoxy groups -OCH3 is 1. The third kappa shape index (κ3) is 2.48. The highest BCUT2D eigenvalue weighted by molar-refractivity contribution is 6.30. The Morgan fingerprint density at radius 2 is 2.28 bits per heavy atom. The Balaban J connectivity index is 2.47. The highest BCUT2D eigenvalue weighted by Gasteiger charge is 2.18. The van der Waals surface area contributed by atoms with E-state index in [9.17, 15) is 0 Å². The molecule has 0 radical (unpaired) electrons. The number of nitrogens with one attached hydrogen (secondary N) is 1. The number of aryl methyl sites for hydroxylation is 1. The Bertz CT molecular complexity index is 541. The first kappa shape index (κ1) is 12.9. The first-order valence-corrected chi connectivity index (χ1v) is 5.81. The molecule has 0 amide bonds. The van der Waals surface area contributed by atoms with Crippen molar-refractivity contribution in [2.45, 2.75) is 6.04 Å². The normalized spacial score (nSPS) is 12.4. The summed E-state index contributed by atoms with van der Waals surface area (Å²) in [5.74, 6) is 6.36. The molecule has 3 N–H and O–H groups in total. The van der Waals surface area contributed by atoms with E-state index in [-0.39, 0.29) is 6.04 Å². The third-order valence-corrected chi connectivity index (χ3v) is 2.96. The van der Waals surface area contributed by atoms with Gasteiger partial charge in [0.25, 0.3) is 0 Å². The van der Waals surface area contributed by atoms with Crippen molar-refractivity contribution in [3.63, 3.8) is 0 Å². The van der Waals surface area contributed by atoms with Crippen molar-refractivity contribution in [3.05, 3.63) is 46.7 Å².